The maximum absolute atomic E-state index is 10.4. The highest BCUT2D eigenvalue weighted by atomic mass is 16.4. The molecule has 0 aliphatic rings. The number of aliphatic carboxylic acids is 1. The van der Waals surface area contributed by atoms with Gasteiger partial charge in [-0.25, -0.2) is 4.79 Å². The molecule has 0 amide bonds. The van der Waals surface area contributed by atoms with E-state index in [1.54, 1.807) is 6.92 Å². The molecule has 2 unspecified atom stereocenters. The first-order chi connectivity index (χ1) is 13.1. The minimum absolute atomic E-state index is 0.264. The van der Waals surface area contributed by atoms with E-state index in [4.69, 9.17) is 15.3 Å². The van der Waals surface area contributed by atoms with Crippen molar-refractivity contribution in [3.05, 3.63) is 0 Å². The summed E-state index contributed by atoms with van der Waals surface area (Å²) < 4.78 is 0.611. The van der Waals surface area contributed by atoms with Gasteiger partial charge in [-0.05, 0) is 6.42 Å². The molecular weight excluding hydrogens is 354 g/mol. The van der Waals surface area contributed by atoms with Crippen LogP contribution in [-0.2, 0) is 4.79 Å². The second-order valence-electron chi connectivity index (χ2n) is 8.99. The van der Waals surface area contributed by atoms with E-state index in [0.717, 1.165) is 12.8 Å². The van der Waals surface area contributed by atoms with Gasteiger partial charge < -0.3 is 19.8 Å². The number of hydrogen-bond donors (Lipinski definition) is 3. The Labute approximate surface area is 174 Å². The van der Waals surface area contributed by atoms with Crippen LogP contribution in [0.2, 0.25) is 0 Å². The van der Waals surface area contributed by atoms with Gasteiger partial charge >= 0.3 is 5.97 Å². The van der Waals surface area contributed by atoms with E-state index in [-0.39, 0.29) is 6.23 Å². The largest absolute Gasteiger partial charge is 0.479 e. The van der Waals surface area contributed by atoms with Crippen LogP contribution < -0.4 is 0 Å². The molecule has 170 valence electrons. The molecule has 0 fully saturated rings. The van der Waals surface area contributed by atoms with E-state index in [1.807, 2.05) is 21.1 Å². The normalized spacial score (nSPS) is 13.5. The maximum atomic E-state index is 10.4. The lowest BCUT2D eigenvalue weighted by molar-refractivity contribution is -0.916. The van der Waals surface area contributed by atoms with E-state index in [9.17, 15) is 4.79 Å². The van der Waals surface area contributed by atoms with Gasteiger partial charge in [-0.2, -0.15) is 0 Å². The number of rotatable bonds is 17. The molecule has 5 heteroatoms. The summed E-state index contributed by atoms with van der Waals surface area (Å²) in [6, 6.07) is 0. The fourth-order valence-electron chi connectivity index (χ4n) is 2.66. The third-order valence-corrected chi connectivity index (χ3v) is 5.24. The van der Waals surface area contributed by atoms with E-state index in [0.29, 0.717) is 10.9 Å². The zero-order chi connectivity index (χ0) is 21.8. The minimum Gasteiger partial charge on any atom is -0.479 e. The average Bonchev–Trinajstić information content (AvgIpc) is 2.61. The zero-order valence-corrected chi connectivity index (χ0v) is 19.5. The molecule has 2 atom stereocenters. The van der Waals surface area contributed by atoms with Gasteiger partial charge in [-0.3, -0.25) is 0 Å². The van der Waals surface area contributed by atoms with Crippen LogP contribution in [0.5, 0.6) is 0 Å². The summed E-state index contributed by atoms with van der Waals surface area (Å²) in [5.41, 5.74) is 0. The number of nitrogens with zero attached hydrogens (tertiary/aromatic N) is 1. The van der Waals surface area contributed by atoms with Crippen LogP contribution in [-0.4, -0.2) is 59.2 Å². The highest BCUT2D eigenvalue weighted by Gasteiger charge is 2.12. The quantitative estimate of drug-likeness (QED) is 0.174. The minimum atomic E-state index is -1.16. The van der Waals surface area contributed by atoms with Gasteiger partial charge in [-0.15, -0.1) is 0 Å². The molecule has 0 bridgehead atoms. The highest BCUT2D eigenvalue weighted by Crippen LogP contribution is 2.13. The average molecular weight is 405 g/mol. The Morgan fingerprint density at radius 3 is 1.25 bits per heavy atom. The molecule has 3 N–H and O–H groups in total. The van der Waals surface area contributed by atoms with Crippen LogP contribution in [0.1, 0.15) is 110 Å². The molecule has 0 aromatic rings. The number of carbonyl (C=O) groups is 1. The predicted octanol–water partition coefficient (Wildman–Crippen LogP) is 5.33. The van der Waals surface area contributed by atoms with Crippen LogP contribution in [0.25, 0.3) is 0 Å². The Morgan fingerprint density at radius 2 is 1.00 bits per heavy atom. The summed E-state index contributed by atoms with van der Waals surface area (Å²) in [6.45, 7) is 4.04. The lowest BCUT2D eigenvalue weighted by Gasteiger charge is -2.26. The van der Waals surface area contributed by atoms with Gasteiger partial charge in [0.1, 0.15) is 0 Å². The van der Waals surface area contributed by atoms with Gasteiger partial charge in [-0.1, -0.05) is 96.8 Å². The smallest absolute Gasteiger partial charge is 0.332 e. The number of hydrogen-bond acceptors (Lipinski definition) is 3. The van der Waals surface area contributed by atoms with Crippen molar-refractivity contribution in [1.29, 1.82) is 0 Å². The summed E-state index contributed by atoms with van der Waals surface area (Å²) in [4.78, 5) is 10.4. The molecule has 28 heavy (non-hydrogen) atoms. The van der Waals surface area contributed by atoms with Gasteiger partial charge in [0.25, 0.3) is 0 Å². The lowest BCUT2D eigenvalue weighted by Crippen LogP contribution is -2.42. The summed E-state index contributed by atoms with van der Waals surface area (Å²) in [7, 11) is 5.85. The number of carboxylic acids is 1. The number of carboxylic acid groups (broad SMARTS) is 1. The molecule has 0 aromatic heterocycles. The third-order valence-electron chi connectivity index (χ3n) is 5.24. The van der Waals surface area contributed by atoms with Crippen LogP contribution in [0.15, 0.2) is 0 Å². The van der Waals surface area contributed by atoms with Crippen molar-refractivity contribution in [2.75, 3.05) is 21.1 Å². The fraction of sp³-hybridized carbons (Fsp3) is 0.957. The van der Waals surface area contributed by atoms with Gasteiger partial charge in [0.05, 0.1) is 21.1 Å². The summed E-state index contributed by atoms with van der Waals surface area (Å²) >= 11 is 0. The Kier molecular flexibility index (Phi) is 20.7. The van der Waals surface area contributed by atoms with Crippen molar-refractivity contribution in [3.63, 3.8) is 0 Å². The lowest BCUT2D eigenvalue weighted by atomic mass is 10.0. The van der Waals surface area contributed by atoms with Crippen LogP contribution in [0, 0.1) is 0 Å². The number of quaternary nitrogens is 1. The van der Waals surface area contributed by atoms with E-state index >= 15 is 0 Å². The molecule has 0 saturated heterocycles. The molecule has 0 rings (SSSR count). The number of aliphatic hydroxyl groups excluding tert-OH is 2. The van der Waals surface area contributed by atoms with Crippen molar-refractivity contribution in [2.45, 2.75) is 122 Å². The van der Waals surface area contributed by atoms with Gasteiger partial charge in [0.15, 0.2) is 12.3 Å². The van der Waals surface area contributed by atoms with Crippen molar-refractivity contribution >= 4 is 5.97 Å². The Hall–Kier alpha value is -0.650. The summed E-state index contributed by atoms with van der Waals surface area (Å²) in [5, 5.41) is 26.5. The molecule has 0 radical (unpaired) electrons. The fourth-order valence-corrected chi connectivity index (χ4v) is 2.66. The third kappa shape index (κ3) is 23.4. The monoisotopic (exact) mass is 404 g/mol. The Bertz CT molecular complexity index is 340. The molecule has 5 nitrogen and oxygen atoms in total. The molecule has 0 aromatic carbocycles. The second kappa shape index (κ2) is 19.7. The summed E-state index contributed by atoms with van der Waals surface area (Å²) in [6.07, 6.45) is 17.0. The van der Waals surface area contributed by atoms with E-state index in [1.165, 1.54) is 77.0 Å². The molecule has 0 spiro atoms. The zero-order valence-electron chi connectivity index (χ0n) is 19.5. The molecule has 0 aliphatic heterocycles. The molecular formula is C23H50NO4+. The molecule has 0 heterocycles. The molecule has 0 aliphatic carbocycles. The first-order valence-corrected chi connectivity index (χ1v) is 11.5. The van der Waals surface area contributed by atoms with Crippen molar-refractivity contribution in [2.24, 2.45) is 0 Å². The predicted molar refractivity (Wildman–Crippen MR) is 118 cm³/mol. The van der Waals surface area contributed by atoms with Gasteiger partial charge in [0.2, 0.25) is 0 Å². The van der Waals surface area contributed by atoms with Crippen molar-refractivity contribution in [1.82, 2.24) is 0 Å². The highest BCUT2D eigenvalue weighted by molar-refractivity contribution is 5.71. The second-order valence-corrected chi connectivity index (χ2v) is 8.99. The van der Waals surface area contributed by atoms with Crippen LogP contribution >= 0.6 is 0 Å². The number of aliphatic hydroxyl groups is 2. The topological polar surface area (TPSA) is 77.8 Å². The van der Waals surface area contributed by atoms with E-state index < -0.39 is 12.1 Å². The first kappa shape index (κ1) is 29.6. The maximum Gasteiger partial charge on any atom is 0.332 e. The standard InChI is InChI=1S/C18H36O3.C5H14NO/c1-2-3-4-5-6-7-8-9-10-11-12-13-14-15-16-17(19)18(20)21;1-5(7)6(2,3)4/h17,19H,2-16H2,1H3,(H,20,21);5,7H,1-4H3/q;+1. The SMILES string of the molecule is CC(O)[N+](C)(C)C.CCCCCCCCCCCCCCCCC(O)C(=O)O. The molecule has 0 saturated carbocycles. The van der Waals surface area contributed by atoms with Gasteiger partial charge in [0, 0.05) is 6.92 Å². The van der Waals surface area contributed by atoms with Crippen LogP contribution in [0.4, 0.5) is 0 Å². The first-order valence-electron chi connectivity index (χ1n) is 11.5. The van der Waals surface area contributed by atoms with Crippen molar-refractivity contribution < 1.29 is 24.6 Å². The summed E-state index contributed by atoms with van der Waals surface area (Å²) in [5.74, 6) is -1.09. The van der Waals surface area contributed by atoms with Crippen LogP contribution in [0.3, 0.4) is 0 Å². The Morgan fingerprint density at radius 1 is 0.714 bits per heavy atom. The Balaban J connectivity index is 0. The van der Waals surface area contributed by atoms with Crippen molar-refractivity contribution in [3.8, 4) is 0 Å². The van der Waals surface area contributed by atoms with E-state index in [2.05, 4.69) is 6.92 Å². The number of unbranched alkanes of at least 4 members (excludes halogenated alkanes) is 13.